The lowest BCUT2D eigenvalue weighted by molar-refractivity contribution is -0.385. The smallest absolute Gasteiger partial charge is 0.285 e. The summed E-state index contributed by atoms with van der Waals surface area (Å²) >= 11 is 6.08. The minimum Gasteiger partial charge on any atom is -0.370 e. The summed E-state index contributed by atoms with van der Waals surface area (Å²) < 4.78 is 1.01. The molecule has 2 aromatic rings. The Morgan fingerprint density at radius 3 is 2.63 bits per heavy atom. The summed E-state index contributed by atoms with van der Waals surface area (Å²) in [5.74, 6) is -0.460. The highest BCUT2D eigenvalue weighted by molar-refractivity contribution is 6.31. The second-order valence-corrected chi connectivity index (χ2v) is 6.80. The van der Waals surface area contributed by atoms with Crippen molar-refractivity contribution in [2.75, 3.05) is 23.3 Å². The molecular formula is C18H19ClN4O4. The van der Waals surface area contributed by atoms with Gasteiger partial charge in [-0.3, -0.25) is 24.3 Å². The van der Waals surface area contributed by atoms with Gasteiger partial charge in [0.1, 0.15) is 6.54 Å². The fourth-order valence-corrected chi connectivity index (χ4v) is 3.29. The molecule has 8 nitrogen and oxygen atoms in total. The number of nitro groups is 1. The molecule has 9 heteroatoms. The van der Waals surface area contributed by atoms with Gasteiger partial charge in [-0.25, -0.2) is 0 Å². The van der Waals surface area contributed by atoms with Gasteiger partial charge in [0.15, 0.2) is 0 Å². The van der Waals surface area contributed by atoms with Crippen molar-refractivity contribution in [3.05, 3.63) is 62.0 Å². The van der Waals surface area contributed by atoms with Gasteiger partial charge < -0.3 is 10.2 Å². The molecule has 3 rings (SSSR count). The molecule has 0 radical (unpaired) electrons. The molecule has 0 aliphatic carbocycles. The van der Waals surface area contributed by atoms with E-state index in [0.717, 1.165) is 54.5 Å². The third kappa shape index (κ3) is 4.65. The molecule has 0 bridgehead atoms. The van der Waals surface area contributed by atoms with Crippen molar-refractivity contribution < 1.29 is 9.72 Å². The van der Waals surface area contributed by atoms with E-state index in [9.17, 15) is 19.7 Å². The zero-order valence-electron chi connectivity index (χ0n) is 14.6. The number of carbonyl (C=O) groups is 1. The summed E-state index contributed by atoms with van der Waals surface area (Å²) in [4.78, 5) is 36.8. The van der Waals surface area contributed by atoms with E-state index in [1.54, 1.807) is 12.1 Å². The zero-order chi connectivity index (χ0) is 19.4. The highest BCUT2D eigenvalue weighted by Crippen LogP contribution is 2.31. The van der Waals surface area contributed by atoms with Crippen molar-refractivity contribution in [3.8, 4) is 0 Å². The highest BCUT2D eigenvalue weighted by Gasteiger charge is 2.17. The Kier molecular flexibility index (Phi) is 5.75. The van der Waals surface area contributed by atoms with E-state index in [2.05, 4.69) is 10.2 Å². The fourth-order valence-electron chi connectivity index (χ4n) is 3.11. The zero-order valence-corrected chi connectivity index (χ0v) is 15.3. The third-order valence-corrected chi connectivity index (χ3v) is 4.66. The van der Waals surface area contributed by atoms with Crippen LogP contribution in [-0.2, 0) is 11.3 Å². The van der Waals surface area contributed by atoms with Crippen LogP contribution in [0, 0.1) is 10.1 Å². The van der Waals surface area contributed by atoms with Crippen molar-refractivity contribution in [2.24, 2.45) is 0 Å². The third-order valence-electron chi connectivity index (χ3n) is 4.42. The molecule has 1 amide bonds. The number of rotatable bonds is 5. The van der Waals surface area contributed by atoms with Gasteiger partial charge in [-0.05, 0) is 37.5 Å². The van der Waals surface area contributed by atoms with E-state index in [0.29, 0.717) is 10.7 Å². The molecule has 1 aromatic carbocycles. The Bertz CT molecular complexity index is 922. The van der Waals surface area contributed by atoms with Crippen molar-refractivity contribution in [1.29, 1.82) is 0 Å². The number of anilines is 2. The van der Waals surface area contributed by atoms with Crippen LogP contribution >= 0.6 is 11.6 Å². The first-order valence-electron chi connectivity index (χ1n) is 8.63. The Morgan fingerprint density at radius 1 is 1.19 bits per heavy atom. The molecule has 1 N–H and O–H groups in total. The maximum atomic E-state index is 12.5. The molecule has 142 valence electrons. The van der Waals surface area contributed by atoms with Crippen LogP contribution in [0.4, 0.5) is 17.1 Å². The lowest BCUT2D eigenvalue weighted by Gasteiger charge is -2.30. The van der Waals surface area contributed by atoms with Gasteiger partial charge in [-0.2, -0.15) is 0 Å². The van der Waals surface area contributed by atoms with Crippen molar-refractivity contribution >= 4 is 34.6 Å². The number of piperidine rings is 1. The lowest BCUT2D eigenvalue weighted by Crippen LogP contribution is -2.31. The minimum atomic E-state index is -0.612. The number of pyridine rings is 1. The van der Waals surface area contributed by atoms with E-state index < -0.39 is 16.4 Å². The number of nitrogens with zero attached hydrogens (tertiary/aromatic N) is 3. The lowest BCUT2D eigenvalue weighted by atomic mass is 10.1. The first kappa shape index (κ1) is 18.9. The summed E-state index contributed by atoms with van der Waals surface area (Å²) in [7, 11) is 0. The summed E-state index contributed by atoms with van der Waals surface area (Å²) in [6.07, 6.45) is 4.41. The van der Waals surface area contributed by atoms with Gasteiger partial charge in [0.25, 0.3) is 11.2 Å². The maximum absolute atomic E-state index is 12.5. The van der Waals surface area contributed by atoms with Gasteiger partial charge in [-0.1, -0.05) is 11.6 Å². The number of nitrogens with one attached hydrogen (secondary N) is 1. The van der Waals surface area contributed by atoms with Gasteiger partial charge in [0, 0.05) is 30.2 Å². The summed E-state index contributed by atoms with van der Waals surface area (Å²) in [6, 6.07) is 7.49. The standard InChI is InChI=1S/C18H19ClN4O4/c19-13-4-6-16(21-8-2-1-3-9-21)15(10-13)20-17(24)12-22-11-14(23(26)27)5-7-18(22)25/h4-7,10-11H,1-3,8-9,12H2,(H,20,24). The quantitative estimate of drug-likeness (QED) is 0.625. The Balaban J connectivity index is 1.80. The minimum absolute atomic E-state index is 0.251. The van der Waals surface area contributed by atoms with Crippen LogP contribution in [-0.4, -0.2) is 28.5 Å². The number of halogens is 1. The second kappa shape index (κ2) is 8.22. The summed E-state index contributed by atoms with van der Waals surface area (Å²) in [5, 5.41) is 14.1. The largest absolute Gasteiger partial charge is 0.370 e. The molecule has 1 fully saturated rings. The maximum Gasteiger partial charge on any atom is 0.285 e. The molecular weight excluding hydrogens is 372 g/mol. The topological polar surface area (TPSA) is 97.5 Å². The molecule has 2 heterocycles. The molecule has 1 aromatic heterocycles. The highest BCUT2D eigenvalue weighted by atomic mass is 35.5. The molecule has 0 saturated carbocycles. The van der Waals surface area contributed by atoms with E-state index in [1.165, 1.54) is 6.42 Å². The molecule has 1 aliphatic rings. The number of benzene rings is 1. The second-order valence-electron chi connectivity index (χ2n) is 6.37. The first-order valence-corrected chi connectivity index (χ1v) is 9.01. The van der Waals surface area contributed by atoms with E-state index >= 15 is 0 Å². The normalized spacial score (nSPS) is 14.0. The van der Waals surface area contributed by atoms with E-state index in [1.807, 2.05) is 6.07 Å². The molecule has 1 aliphatic heterocycles. The number of hydrogen-bond donors (Lipinski definition) is 1. The number of carbonyl (C=O) groups excluding carboxylic acids is 1. The van der Waals surface area contributed by atoms with Crippen LogP contribution in [0.3, 0.4) is 0 Å². The summed E-state index contributed by atoms with van der Waals surface area (Å²) in [5.41, 5.74) is 0.698. The van der Waals surface area contributed by atoms with Crippen molar-refractivity contribution in [1.82, 2.24) is 4.57 Å². The predicted octanol–water partition coefficient (Wildman–Crippen LogP) is 3.04. The SMILES string of the molecule is O=C(Cn1cc([N+](=O)[O-])ccc1=O)Nc1cc(Cl)ccc1N1CCCCC1. The Hall–Kier alpha value is -2.87. The van der Waals surface area contributed by atoms with Crippen LogP contribution in [0.25, 0.3) is 0 Å². The fraction of sp³-hybridized carbons (Fsp3) is 0.333. The Morgan fingerprint density at radius 2 is 1.93 bits per heavy atom. The summed E-state index contributed by atoms with van der Waals surface area (Å²) in [6.45, 7) is 1.47. The van der Waals surface area contributed by atoms with Crippen LogP contribution < -0.4 is 15.8 Å². The average molecular weight is 391 g/mol. The predicted molar refractivity (Wildman–Crippen MR) is 104 cm³/mol. The molecule has 0 unspecified atom stereocenters. The van der Waals surface area contributed by atoms with Crippen LogP contribution in [0.2, 0.25) is 5.02 Å². The van der Waals surface area contributed by atoms with Gasteiger partial charge in [0.2, 0.25) is 5.91 Å². The van der Waals surface area contributed by atoms with Gasteiger partial charge in [0.05, 0.1) is 22.5 Å². The van der Waals surface area contributed by atoms with Gasteiger partial charge >= 0.3 is 0 Å². The van der Waals surface area contributed by atoms with Crippen LogP contribution in [0.5, 0.6) is 0 Å². The number of amides is 1. The average Bonchev–Trinajstić information content (AvgIpc) is 2.64. The van der Waals surface area contributed by atoms with Gasteiger partial charge in [-0.15, -0.1) is 0 Å². The van der Waals surface area contributed by atoms with Crippen LogP contribution in [0.1, 0.15) is 19.3 Å². The van der Waals surface area contributed by atoms with Crippen molar-refractivity contribution in [3.63, 3.8) is 0 Å². The van der Waals surface area contributed by atoms with Crippen molar-refractivity contribution in [2.45, 2.75) is 25.8 Å². The van der Waals surface area contributed by atoms with E-state index in [-0.39, 0.29) is 12.2 Å². The monoisotopic (exact) mass is 390 g/mol. The Labute approximate surface area is 160 Å². The van der Waals surface area contributed by atoms with E-state index in [4.69, 9.17) is 11.6 Å². The number of aromatic nitrogens is 1. The van der Waals surface area contributed by atoms with Crippen LogP contribution in [0.15, 0.2) is 41.3 Å². The molecule has 0 atom stereocenters. The first-order chi connectivity index (χ1) is 12.9. The molecule has 0 spiro atoms. The molecule has 1 saturated heterocycles. The molecule has 27 heavy (non-hydrogen) atoms. The number of hydrogen-bond acceptors (Lipinski definition) is 5.